The fraction of sp³-hybridized carbons (Fsp3) is 0.273. The monoisotopic (exact) mass is 419 g/mol. The summed E-state index contributed by atoms with van der Waals surface area (Å²) in [5.41, 5.74) is 2.14. The summed E-state index contributed by atoms with van der Waals surface area (Å²) < 4.78 is 12.3. The van der Waals surface area contributed by atoms with Gasteiger partial charge in [0.2, 0.25) is 12.7 Å². The van der Waals surface area contributed by atoms with Crippen LogP contribution in [0, 0.1) is 5.92 Å². The molecule has 1 fully saturated rings. The predicted molar refractivity (Wildman–Crippen MR) is 111 cm³/mol. The highest BCUT2D eigenvalue weighted by atomic mass is 16.7. The summed E-state index contributed by atoms with van der Waals surface area (Å²) >= 11 is 0. The molecule has 0 aliphatic carbocycles. The second-order valence-electron chi connectivity index (χ2n) is 7.51. The Kier molecular flexibility index (Phi) is 4.99. The zero-order valence-electron chi connectivity index (χ0n) is 16.7. The molecular weight excluding hydrogens is 398 g/mol. The number of carbonyl (C=O) groups excluding carboxylic acids is 2. The van der Waals surface area contributed by atoms with E-state index in [0.717, 1.165) is 5.69 Å². The van der Waals surface area contributed by atoms with Crippen LogP contribution in [0.2, 0.25) is 0 Å². The maximum Gasteiger partial charge on any atom is 0.253 e. The van der Waals surface area contributed by atoms with Crippen molar-refractivity contribution in [3.63, 3.8) is 0 Å². The van der Waals surface area contributed by atoms with Gasteiger partial charge in [0.25, 0.3) is 5.91 Å². The lowest BCUT2D eigenvalue weighted by molar-refractivity contribution is -0.121. The van der Waals surface area contributed by atoms with Gasteiger partial charge in [0, 0.05) is 36.3 Å². The summed E-state index contributed by atoms with van der Waals surface area (Å²) in [6.07, 6.45) is 4.32. The number of rotatable bonds is 4. The number of hydrogen-bond donors (Lipinski definition) is 1. The second kappa shape index (κ2) is 8.10. The summed E-state index contributed by atoms with van der Waals surface area (Å²) in [7, 11) is 0. The van der Waals surface area contributed by atoms with E-state index in [1.165, 1.54) is 6.33 Å². The van der Waals surface area contributed by atoms with Crippen LogP contribution in [0.15, 0.2) is 55.1 Å². The first-order valence-corrected chi connectivity index (χ1v) is 10.1. The molecule has 0 saturated carbocycles. The maximum absolute atomic E-state index is 12.8. The van der Waals surface area contributed by atoms with Crippen LogP contribution in [0.4, 0.5) is 5.69 Å². The van der Waals surface area contributed by atoms with Gasteiger partial charge < -0.3 is 19.7 Å². The summed E-state index contributed by atoms with van der Waals surface area (Å²) in [6.45, 7) is 1.29. The van der Waals surface area contributed by atoms with Gasteiger partial charge in [0.1, 0.15) is 12.7 Å². The standard InChI is InChI=1S/C22H21N5O4/c28-21(25-17-3-6-19-20(11-17)31-14-30-19)15-7-9-26(10-8-15)22(29)16-1-4-18(5-2-16)27-13-23-12-24-27/h1-6,11-13,15H,7-10,14H2,(H,25,28). The van der Waals surface area contributed by atoms with Crippen molar-refractivity contribution in [1.29, 1.82) is 0 Å². The average Bonchev–Trinajstić information content (AvgIpc) is 3.51. The zero-order chi connectivity index (χ0) is 21.2. The van der Waals surface area contributed by atoms with E-state index in [0.29, 0.717) is 48.7 Å². The van der Waals surface area contributed by atoms with E-state index < -0.39 is 0 Å². The highest BCUT2D eigenvalue weighted by molar-refractivity contribution is 5.95. The van der Waals surface area contributed by atoms with E-state index in [9.17, 15) is 9.59 Å². The van der Waals surface area contributed by atoms with Crippen LogP contribution >= 0.6 is 0 Å². The van der Waals surface area contributed by atoms with Crippen LogP contribution in [-0.4, -0.2) is 51.4 Å². The summed E-state index contributed by atoms with van der Waals surface area (Å²) in [5, 5.41) is 7.03. The Labute approximate surface area is 178 Å². The van der Waals surface area contributed by atoms with Crippen LogP contribution in [0.5, 0.6) is 11.5 Å². The van der Waals surface area contributed by atoms with Gasteiger partial charge in [-0.25, -0.2) is 9.67 Å². The normalized spacial score (nSPS) is 15.7. The molecule has 2 amide bonds. The Morgan fingerprint density at radius 3 is 2.52 bits per heavy atom. The number of piperidine rings is 1. The molecule has 158 valence electrons. The number of benzene rings is 2. The third kappa shape index (κ3) is 3.94. The van der Waals surface area contributed by atoms with E-state index in [2.05, 4.69) is 15.4 Å². The first-order chi connectivity index (χ1) is 15.2. The van der Waals surface area contributed by atoms with Crippen LogP contribution in [-0.2, 0) is 4.79 Å². The second-order valence-corrected chi connectivity index (χ2v) is 7.51. The van der Waals surface area contributed by atoms with Crippen LogP contribution in [0.25, 0.3) is 5.69 Å². The number of anilines is 1. The minimum Gasteiger partial charge on any atom is -0.454 e. The van der Waals surface area contributed by atoms with Crippen molar-refractivity contribution in [3.05, 3.63) is 60.7 Å². The number of amides is 2. The molecule has 1 N–H and O–H groups in total. The molecule has 2 aliphatic rings. The first kappa shape index (κ1) is 19.1. The molecule has 3 aromatic rings. The van der Waals surface area contributed by atoms with Gasteiger partial charge in [-0.15, -0.1) is 0 Å². The molecule has 9 heteroatoms. The van der Waals surface area contributed by atoms with Gasteiger partial charge in [0.15, 0.2) is 11.5 Å². The fourth-order valence-corrected chi connectivity index (χ4v) is 3.84. The van der Waals surface area contributed by atoms with Crippen LogP contribution in [0.3, 0.4) is 0 Å². The smallest absolute Gasteiger partial charge is 0.253 e. The lowest BCUT2D eigenvalue weighted by Gasteiger charge is -2.31. The molecule has 1 aromatic heterocycles. The lowest BCUT2D eigenvalue weighted by Crippen LogP contribution is -2.41. The van der Waals surface area contributed by atoms with Gasteiger partial charge >= 0.3 is 0 Å². The molecule has 2 aromatic carbocycles. The fourth-order valence-electron chi connectivity index (χ4n) is 3.84. The number of likely N-dealkylation sites (tertiary alicyclic amines) is 1. The number of carbonyl (C=O) groups is 2. The Bertz CT molecular complexity index is 1090. The molecule has 2 aliphatic heterocycles. The SMILES string of the molecule is O=C(Nc1ccc2c(c1)OCO2)C1CCN(C(=O)c2ccc(-n3cncn3)cc2)CC1. The molecule has 0 atom stereocenters. The first-order valence-electron chi connectivity index (χ1n) is 10.1. The molecule has 0 unspecified atom stereocenters. The van der Waals surface area contributed by atoms with E-state index in [1.54, 1.807) is 46.2 Å². The van der Waals surface area contributed by atoms with E-state index >= 15 is 0 Å². The van der Waals surface area contributed by atoms with Crippen molar-refractivity contribution in [2.75, 3.05) is 25.2 Å². The molecule has 0 bridgehead atoms. The Balaban J connectivity index is 1.16. The zero-order valence-corrected chi connectivity index (χ0v) is 16.7. The number of aromatic nitrogens is 3. The van der Waals surface area contributed by atoms with Crippen molar-refractivity contribution in [1.82, 2.24) is 19.7 Å². The molecule has 5 rings (SSSR count). The third-order valence-electron chi connectivity index (χ3n) is 5.59. The molecule has 0 radical (unpaired) electrons. The van der Waals surface area contributed by atoms with Gasteiger partial charge in [-0.1, -0.05) is 0 Å². The van der Waals surface area contributed by atoms with Crippen molar-refractivity contribution in [2.45, 2.75) is 12.8 Å². The Hall–Kier alpha value is -3.88. The minimum absolute atomic E-state index is 0.0280. The molecule has 3 heterocycles. The summed E-state index contributed by atoms with van der Waals surface area (Å²) in [5.74, 6) is 1.11. The van der Waals surface area contributed by atoms with Crippen molar-refractivity contribution in [3.8, 4) is 17.2 Å². The van der Waals surface area contributed by atoms with E-state index in [1.807, 2.05) is 12.1 Å². The summed E-state index contributed by atoms with van der Waals surface area (Å²) in [4.78, 5) is 31.2. The Morgan fingerprint density at radius 2 is 1.77 bits per heavy atom. The van der Waals surface area contributed by atoms with Crippen molar-refractivity contribution >= 4 is 17.5 Å². The molecule has 1 saturated heterocycles. The predicted octanol–water partition coefficient (Wildman–Crippen LogP) is 2.49. The molecular formula is C22H21N5O4. The number of ether oxygens (including phenoxy) is 2. The number of fused-ring (bicyclic) bond motifs is 1. The van der Waals surface area contributed by atoms with Gasteiger partial charge in [0.05, 0.1) is 5.69 Å². The topological polar surface area (TPSA) is 98.6 Å². The summed E-state index contributed by atoms with van der Waals surface area (Å²) in [6, 6.07) is 12.6. The van der Waals surface area contributed by atoms with Crippen LogP contribution < -0.4 is 14.8 Å². The molecule has 9 nitrogen and oxygen atoms in total. The largest absolute Gasteiger partial charge is 0.454 e. The van der Waals surface area contributed by atoms with Gasteiger partial charge in [-0.2, -0.15) is 5.10 Å². The highest BCUT2D eigenvalue weighted by Gasteiger charge is 2.28. The quantitative estimate of drug-likeness (QED) is 0.698. The van der Waals surface area contributed by atoms with E-state index in [4.69, 9.17) is 9.47 Å². The minimum atomic E-state index is -0.135. The van der Waals surface area contributed by atoms with Crippen LogP contribution in [0.1, 0.15) is 23.2 Å². The van der Waals surface area contributed by atoms with Gasteiger partial charge in [-0.3, -0.25) is 9.59 Å². The van der Waals surface area contributed by atoms with Crippen molar-refractivity contribution < 1.29 is 19.1 Å². The average molecular weight is 419 g/mol. The number of hydrogen-bond acceptors (Lipinski definition) is 6. The molecule has 0 spiro atoms. The highest BCUT2D eigenvalue weighted by Crippen LogP contribution is 2.34. The maximum atomic E-state index is 12.8. The number of nitrogens with one attached hydrogen (secondary N) is 1. The number of nitrogens with zero attached hydrogens (tertiary/aromatic N) is 4. The third-order valence-corrected chi connectivity index (χ3v) is 5.59. The lowest BCUT2D eigenvalue weighted by atomic mass is 9.95. The molecule has 31 heavy (non-hydrogen) atoms. The van der Waals surface area contributed by atoms with Gasteiger partial charge in [-0.05, 0) is 49.2 Å². The van der Waals surface area contributed by atoms with Crippen molar-refractivity contribution in [2.24, 2.45) is 5.92 Å². The van der Waals surface area contributed by atoms with E-state index in [-0.39, 0.29) is 24.5 Å². The Morgan fingerprint density at radius 1 is 1.00 bits per heavy atom.